The van der Waals surface area contributed by atoms with Crippen LogP contribution in [0.2, 0.25) is 0 Å². The van der Waals surface area contributed by atoms with Gasteiger partial charge in [-0.05, 0) is 48.7 Å². The van der Waals surface area contributed by atoms with Crippen molar-refractivity contribution >= 4 is 22.2 Å². The number of nitrogens with one attached hydrogen (secondary N) is 1. The second kappa shape index (κ2) is 7.07. The summed E-state index contributed by atoms with van der Waals surface area (Å²) in [5, 5.41) is 5.26. The van der Waals surface area contributed by atoms with E-state index in [2.05, 4.69) is 10.3 Å². The Morgan fingerprint density at radius 1 is 1.04 bits per heavy atom. The van der Waals surface area contributed by atoms with Gasteiger partial charge in [0.25, 0.3) is 0 Å². The fourth-order valence-electron chi connectivity index (χ4n) is 2.60. The summed E-state index contributed by atoms with van der Waals surface area (Å²) < 4.78 is 52.3. The molecule has 1 heterocycles. The highest BCUT2D eigenvalue weighted by molar-refractivity contribution is 7.13. The molecule has 2 aromatic carbocycles. The molecule has 2 nitrogen and oxygen atoms in total. The number of aromatic nitrogens is 1. The van der Waals surface area contributed by atoms with Crippen LogP contribution in [0.25, 0.3) is 0 Å². The summed E-state index contributed by atoms with van der Waals surface area (Å²) in [7, 11) is 0. The summed E-state index contributed by atoms with van der Waals surface area (Å²) in [4.78, 5) is 4.40. The molecular weight excluding hydrogens is 364 g/mol. The molecular formula is C19H16F4N2S. The quantitative estimate of drug-likeness (QED) is 0.541. The number of hydrogen-bond donors (Lipinski definition) is 1. The minimum absolute atomic E-state index is 0.176. The number of benzene rings is 2. The van der Waals surface area contributed by atoms with E-state index < -0.39 is 11.7 Å². The first-order valence-corrected chi connectivity index (χ1v) is 8.74. The van der Waals surface area contributed by atoms with Crippen LogP contribution in [-0.4, -0.2) is 4.98 Å². The fourth-order valence-corrected chi connectivity index (χ4v) is 3.33. The van der Waals surface area contributed by atoms with Crippen molar-refractivity contribution in [2.45, 2.75) is 26.4 Å². The standard InChI is InChI=1S/C19H16F4N2S/c1-11-3-5-14(9-16(11)19(21,22)23)24-18-25-15(10-26-18)8-13-4-6-17(20)12(2)7-13/h3-7,9-10H,8H2,1-2H3,(H,24,25). The number of nitrogens with zero attached hydrogens (tertiary/aromatic N) is 1. The Balaban J connectivity index is 1.75. The van der Waals surface area contributed by atoms with E-state index in [9.17, 15) is 17.6 Å². The first-order chi connectivity index (χ1) is 12.2. The number of thiazole rings is 1. The van der Waals surface area contributed by atoms with E-state index in [1.54, 1.807) is 25.1 Å². The van der Waals surface area contributed by atoms with Crippen LogP contribution < -0.4 is 5.32 Å². The van der Waals surface area contributed by atoms with E-state index in [0.717, 1.165) is 17.3 Å². The third kappa shape index (κ3) is 4.22. The normalized spacial score (nSPS) is 11.6. The Morgan fingerprint density at radius 3 is 2.50 bits per heavy atom. The van der Waals surface area contributed by atoms with Gasteiger partial charge < -0.3 is 5.32 Å². The van der Waals surface area contributed by atoms with Crippen LogP contribution in [0.3, 0.4) is 0 Å². The van der Waals surface area contributed by atoms with Gasteiger partial charge in [0.1, 0.15) is 5.82 Å². The van der Waals surface area contributed by atoms with Crippen molar-refractivity contribution in [1.82, 2.24) is 4.98 Å². The van der Waals surface area contributed by atoms with Crippen LogP contribution in [0.4, 0.5) is 28.4 Å². The molecule has 136 valence electrons. The van der Waals surface area contributed by atoms with Crippen LogP contribution in [0.15, 0.2) is 41.8 Å². The number of hydrogen-bond acceptors (Lipinski definition) is 3. The average Bonchev–Trinajstić information content (AvgIpc) is 2.99. The molecule has 0 saturated carbocycles. The zero-order chi connectivity index (χ0) is 18.9. The lowest BCUT2D eigenvalue weighted by Crippen LogP contribution is -2.08. The van der Waals surface area contributed by atoms with Crippen molar-refractivity contribution < 1.29 is 17.6 Å². The highest BCUT2D eigenvalue weighted by atomic mass is 32.1. The summed E-state index contributed by atoms with van der Waals surface area (Å²) in [6.07, 6.45) is -3.86. The molecule has 0 bridgehead atoms. The molecule has 0 aliphatic carbocycles. The zero-order valence-electron chi connectivity index (χ0n) is 14.1. The Bertz CT molecular complexity index is 932. The highest BCUT2D eigenvalue weighted by Gasteiger charge is 2.32. The van der Waals surface area contributed by atoms with Gasteiger partial charge in [0.2, 0.25) is 0 Å². The Kier molecular flexibility index (Phi) is 5.00. The molecule has 26 heavy (non-hydrogen) atoms. The molecule has 0 spiro atoms. The smallest absolute Gasteiger partial charge is 0.332 e. The average molecular weight is 380 g/mol. The molecule has 0 aliphatic rings. The molecule has 0 radical (unpaired) electrons. The summed E-state index contributed by atoms with van der Waals surface area (Å²) >= 11 is 1.31. The largest absolute Gasteiger partial charge is 0.416 e. The van der Waals surface area contributed by atoms with Crippen LogP contribution in [0, 0.1) is 19.7 Å². The summed E-state index contributed by atoms with van der Waals surface area (Å²) in [5.74, 6) is -0.255. The number of anilines is 2. The third-order valence-electron chi connectivity index (χ3n) is 3.95. The second-order valence-electron chi connectivity index (χ2n) is 6.06. The molecule has 0 amide bonds. The van der Waals surface area contributed by atoms with Crippen LogP contribution in [0.5, 0.6) is 0 Å². The van der Waals surface area contributed by atoms with Gasteiger partial charge in [0, 0.05) is 17.5 Å². The molecule has 0 unspecified atom stereocenters. The maximum atomic E-state index is 13.3. The second-order valence-corrected chi connectivity index (χ2v) is 6.91. The van der Waals surface area contributed by atoms with Gasteiger partial charge in [-0.25, -0.2) is 9.37 Å². The van der Waals surface area contributed by atoms with Crippen molar-refractivity contribution in [2.75, 3.05) is 5.32 Å². The van der Waals surface area contributed by atoms with Crippen molar-refractivity contribution in [3.8, 4) is 0 Å². The Labute approximate surface area is 152 Å². The van der Waals surface area contributed by atoms with Crippen LogP contribution in [0.1, 0.15) is 27.9 Å². The number of rotatable bonds is 4. The van der Waals surface area contributed by atoms with Gasteiger partial charge in [-0.2, -0.15) is 13.2 Å². The fraction of sp³-hybridized carbons (Fsp3) is 0.211. The third-order valence-corrected chi connectivity index (χ3v) is 4.76. The van der Waals surface area contributed by atoms with Crippen LogP contribution in [-0.2, 0) is 12.6 Å². The predicted octanol–water partition coefficient (Wildman–Crippen LogP) is 6.25. The number of halogens is 4. The maximum Gasteiger partial charge on any atom is 0.416 e. The first-order valence-electron chi connectivity index (χ1n) is 7.86. The van der Waals surface area contributed by atoms with Gasteiger partial charge in [-0.1, -0.05) is 18.2 Å². The van der Waals surface area contributed by atoms with E-state index in [0.29, 0.717) is 22.8 Å². The number of aryl methyl sites for hydroxylation is 2. The lowest BCUT2D eigenvalue weighted by atomic mass is 10.1. The molecule has 0 aliphatic heterocycles. The number of alkyl halides is 3. The summed E-state index contributed by atoms with van der Waals surface area (Å²) in [6, 6.07) is 8.98. The van der Waals surface area contributed by atoms with E-state index in [-0.39, 0.29) is 11.4 Å². The predicted molar refractivity (Wildman–Crippen MR) is 95.5 cm³/mol. The molecule has 7 heteroatoms. The van der Waals surface area contributed by atoms with Crippen molar-refractivity contribution in [2.24, 2.45) is 0 Å². The zero-order valence-corrected chi connectivity index (χ0v) is 14.9. The van der Waals surface area contributed by atoms with E-state index in [1.165, 1.54) is 30.4 Å². The molecule has 0 atom stereocenters. The highest BCUT2D eigenvalue weighted by Crippen LogP contribution is 2.34. The van der Waals surface area contributed by atoms with Crippen molar-refractivity contribution in [1.29, 1.82) is 0 Å². The van der Waals surface area contributed by atoms with Crippen molar-refractivity contribution in [3.63, 3.8) is 0 Å². The minimum atomic E-state index is -4.39. The van der Waals surface area contributed by atoms with E-state index in [4.69, 9.17) is 0 Å². The van der Waals surface area contributed by atoms with Gasteiger partial charge >= 0.3 is 6.18 Å². The molecule has 3 rings (SSSR count). The van der Waals surface area contributed by atoms with Gasteiger partial charge in [0.05, 0.1) is 11.3 Å². The Hall–Kier alpha value is -2.41. The van der Waals surface area contributed by atoms with Gasteiger partial charge in [0.15, 0.2) is 5.13 Å². The molecule has 1 aromatic heterocycles. The maximum absolute atomic E-state index is 13.3. The minimum Gasteiger partial charge on any atom is -0.332 e. The lowest BCUT2D eigenvalue weighted by Gasteiger charge is -2.12. The molecule has 0 saturated heterocycles. The van der Waals surface area contributed by atoms with Gasteiger partial charge in [-0.3, -0.25) is 0 Å². The monoisotopic (exact) mass is 380 g/mol. The summed E-state index contributed by atoms with van der Waals surface area (Å²) in [5.41, 5.74) is 2.11. The lowest BCUT2D eigenvalue weighted by molar-refractivity contribution is -0.138. The molecule has 1 N–H and O–H groups in total. The topological polar surface area (TPSA) is 24.9 Å². The SMILES string of the molecule is Cc1cc(Cc2csc(Nc3ccc(C)c(C(F)(F)F)c3)n2)ccc1F. The Morgan fingerprint density at radius 2 is 1.81 bits per heavy atom. The van der Waals surface area contributed by atoms with Crippen LogP contribution >= 0.6 is 11.3 Å². The van der Waals surface area contributed by atoms with Crippen molar-refractivity contribution in [3.05, 3.63) is 75.5 Å². The van der Waals surface area contributed by atoms with E-state index >= 15 is 0 Å². The van der Waals surface area contributed by atoms with E-state index in [1.807, 2.05) is 5.38 Å². The first kappa shape index (κ1) is 18.4. The molecule has 0 fully saturated rings. The van der Waals surface area contributed by atoms with Gasteiger partial charge in [-0.15, -0.1) is 11.3 Å². The summed E-state index contributed by atoms with van der Waals surface area (Å²) in [6.45, 7) is 3.13. The molecule has 3 aromatic rings.